The van der Waals surface area contributed by atoms with Crippen LogP contribution >= 0.6 is 0 Å². The summed E-state index contributed by atoms with van der Waals surface area (Å²) in [5.74, 6) is -0.356. The van der Waals surface area contributed by atoms with Crippen LogP contribution in [0, 0.1) is 5.82 Å². The number of ether oxygens (including phenoxy) is 1. The van der Waals surface area contributed by atoms with Gasteiger partial charge in [0.05, 0.1) is 0 Å². The van der Waals surface area contributed by atoms with E-state index in [0.717, 1.165) is 18.2 Å². The van der Waals surface area contributed by atoms with Crippen LogP contribution in [0.5, 0.6) is 5.75 Å². The molecule has 1 aliphatic rings. The molecule has 0 atom stereocenters. The molecule has 1 aromatic rings. The fourth-order valence-electron chi connectivity index (χ4n) is 1.58. The second-order valence-corrected chi connectivity index (χ2v) is 3.88. The maximum absolute atomic E-state index is 13.4. The molecule has 94 valence electrons. The lowest BCUT2D eigenvalue weighted by Crippen LogP contribution is -2.32. The van der Waals surface area contributed by atoms with Gasteiger partial charge in [0.1, 0.15) is 18.2 Å². The molecule has 0 fully saturated rings. The largest absolute Gasteiger partial charge is 0.491 e. The van der Waals surface area contributed by atoms with E-state index in [9.17, 15) is 4.39 Å². The minimum Gasteiger partial charge on any atom is -0.489 e. The summed E-state index contributed by atoms with van der Waals surface area (Å²) in [6.45, 7) is 1.12. The lowest BCUT2D eigenvalue weighted by molar-refractivity contribution is 0.352. The average Bonchev–Trinajstić information content (AvgIpc) is 2.37. The summed E-state index contributed by atoms with van der Waals surface area (Å²) in [7, 11) is -1.81. The summed E-state index contributed by atoms with van der Waals surface area (Å²) in [6, 6.07) is 3.92. The number of hydrogen-bond acceptors (Lipinski definition) is 4. The molecular formula is C12H13BFNO3. The van der Waals surface area contributed by atoms with Gasteiger partial charge in [-0.1, -0.05) is 18.2 Å². The third-order valence-corrected chi connectivity index (χ3v) is 2.51. The summed E-state index contributed by atoms with van der Waals surface area (Å²) in [5.41, 5.74) is 0.786. The first-order valence-electron chi connectivity index (χ1n) is 5.54. The lowest BCUT2D eigenvalue weighted by Gasteiger charge is -2.11. The predicted molar refractivity (Wildman–Crippen MR) is 66.9 cm³/mol. The first kappa shape index (κ1) is 12.7. The van der Waals surface area contributed by atoms with Gasteiger partial charge in [0.25, 0.3) is 0 Å². The molecule has 0 amide bonds. The molecule has 0 spiro atoms. The molecule has 0 unspecified atom stereocenters. The van der Waals surface area contributed by atoms with Crippen molar-refractivity contribution >= 4 is 12.6 Å². The summed E-state index contributed by atoms with van der Waals surface area (Å²) in [6.07, 6.45) is 5.73. The van der Waals surface area contributed by atoms with Crippen molar-refractivity contribution in [3.05, 3.63) is 47.9 Å². The number of rotatable bonds is 4. The minimum absolute atomic E-state index is 0.166. The topological polar surface area (TPSA) is 61.7 Å². The smallest absolute Gasteiger partial charge is 0.489 e. The zero-order valence-electron chi connectivity index (χ0n) is 9.64. The van der Waals surface area contributed by atoms with Crippen molar-refractivity contribution in [2.24, 2.45) is 0 Å². The van der Waals surface area contributed by atoms with Gasteiger partial charge in [-0.2, -0.15) is 0 Å². The number of halogens is 1. The molecule has 0 aromatic heterocycles. The van der Waals surface area contributed by atoms with Crippen molar-refractivity contribution in [1.82, 2.24) is 5.32 Å². The standard InChI is InChI=1S/C12H13BFNO3/c14-12-6-10(3-4-11(12)13(16)17)18-8-9-2-1-5-15-7-9/h1-4,6-7,15-17H,5,8H2. The third kappa shape index (κ3) is 3.12. The van der Waals surface area contributed by atoms with E-state index in [1.165, 1.54) is 12.1 Å². The molecule has 0 saturated carbocycles. The summed E-state index contributed by atoms with van der Waals surface area (Å²) >= 11 is 0. The molecule has 3 N–H and O–H groups in total. The number of nitrogens with one attached hydrogen (secondary N) is 1. The molecule has 1 aliphatic heterocycles. The molecule has 18 heavy (non-hydrogen) atoms. The van der Waals surface area contributed by atoms with Crippen LogP contribution in [0.15, 0.2) is 42.1 Å². The van der Waals surface area contributed by atoms with Gasteiger partial charge in [0.15, 0.2) is 0 Å². The zero-order valence-corrected chi connectivity index (χ0v) is 9.64. The van der Waals surface area contributed by atoms with Crippen molar-refractivity contribution in [2.75, 3.05) is 13.2 Å². The van der Waals surface area contributed by atoms with Crippen LogP contribution in [-0.2, 0) is 0 Å². The molecule has 4 nitrogen and oxygen atoms in total. The van der Waals surface area contributed by atoms with Gasteiger partial charge in [-0.15, -0.1) is 0 Å². The van der Waals surface area contributed by atoms with Gasteiger partial charge in [-0.25, -0.2) is 4.39 Å². The quantitative estimate of drug-likeness (QED) is 0.653. The summed E-state index contributed by atoms with van der Waals surface area (Å²) < 4.78 is 18.8. The van der Waals surface area contributed by atoms with Gasteiger partial charge < -0.3 is 20.1 Å². The molecular weight excluding hydrogens is 236 g/mol. The SMILES string of the molecule is OB(O)c1ccc(OCC2=CNCC=C2)cc1F. The Balaban J connectivity index is 2.00. The number of dihydropyridines is 1. The Morgan fingerprint density at radius 3 is 2.83 bits per heavy atom. The Morgan fingerprint density at radius 2 is 2.22 bits per heavy atom. The van der Waals surface area contributed by atoms with E-state index in [-0.39, 0.29) is 5.46 Å². The van der Waals surface area contributed by atoms with Gasteiger partial charge >= 0.3 is 7.12 Å². The van der Waals surface area contributed by atoms with Crippen LogP contribution in [0.2, 0.25) is 0 Å². The molecule has 1 heterocycles. The van der Waals surface area contributed by atoms with Crippen molar-refractivity contribution in [2.45, 2.75) is 0 Å². The zero-order chi connectivity index (χ0) is 13.0. The Bertz CT molecular complexity index is 488. The van der Waals surface area contributed by atoms with E-state index in [4.69, 9.17) is 14.8 Å². The Labute approximate surface area is 105 Å². The first-order chi connectivity index (χ1) is 8.66. The van der Waals surface area contributed by atoms with Crippen molar-refractivity contribution < 1.29 is 19.2 Å². The Kier molecular flexibility index (Phi) is 4.01. The van der Waals surface area contributed by atoms with E-state index in [1.807, 2.05) is 18.4 Å². The van der Waals surface area contributed by atoms with E-state index < -0.39 is 12.9 Å². The highest BCUT2D eigenvalue weighted by Crippen LogP contribution is 2.13. The van der Waals surface area contributed by atoms with Crippen LogP contribution in [0.4, 0.5) is 4.39 Å². The second kappa shape index (κ2) is 5.70. The summed E-state index contributed by atoms with van der Waals surface area (Å²) in [4.78, 5) is 0. The van der Waals surface area contributed by atoms with E-state index in [1.54, 1.807) is 0 Å². The van der Waals surface area contributed by atoms with Crippen molar-refractivity contribution in [3.8, 4) is 5.75 Å². The normalized spacial score (nSPS) is 13.8. The van der Waals surface area contributed by atoms with E-state index in [2.05, 4.69) is 5.32 Å². The Hall–Kier alpha value is -1.79. The molecule has 0 saturated heterocycles. The van der Waals surface area contributed by atoms with Crippen LogP contribution in [-0.4, -0.2) is 30.3 Å². The second-order valence-electron chi connectivity index (χ2n) is 3.88. The number of benzene rings is 1. The van der Waals surface area contributed by atoms with Gasteiger partial charge in [0.2, 0.25) is 0 Å². The molecule has 1 aromatic carbocycles. The highest BCUT2D eigenvalue weighted by Gasteiger charge is 2.16. The fourth-order valence-corrected chi connectivity index (χ4v) is 1.58. The van der Waals surface area contributed by atoms with Crippen molar-refractivity contribution in [3.63, 3.8) is 0 Å². The summed E-state index contributed by atoms with van der Waals surface area (Å²) in [5, 5.41) is 20.8. The Morgan fingerprint density at radius 1 is 1.39 bits per heavy atom. The maximum atomic E-state index is 13.4. The van der Waals surface area contributed by atoms with Crippen LogP contribution < -0.4 is 15.5 Å². The first-order valence-corrected chi connectivity index (χ1v) is 5.54. The lowest BCUT2D eigenvalue weighted by atomic mass is 9.80. The van der Waals surface area contributed by atoms with Crippen LogP contribution in [0.3, 0.4) is 0 Å². The highest BCUT2D eigenvalue weighted by molar-refractivity contribution is 6.58. The van der Waals surface area contributed by atoms with Crippen molar-refractivity contribution in [1.29, 1.82) is 0 Å². The fraction of sp³-hybridized carbons (Fsp3) is 0.167. The van der Waals surface area contributed by atoms with Gasteiger partial charge in [0, 0.05) is 29.8 Å². The van der Waals surface area contributed by atoms with Gasteiger partial charge in [-0.05, 0) is 6.07 Å². The molecule has 0 bridgehead atoms. The van der Waals surface area contributed by atoms with Gasteiger partial charge in [-0.3, -0.25) is 0 Å². The number of hydrogen-bond donors (Lipinski definition) is 3. The van der Waals surface area contributed by atoms with E-state index >= 15 is 0 Å². The van der Waals surface area contributed by atoms with E-state index in [0.29, 0.717) is 12.4 Å². The minimum atomic E-state index is -1.81. The maximum Gasteiger partial charge on any atom is 0.491 e. The van der Waals surface area contributed by atoms with Crippen LogP contribution in [0.25, 0.3) is 0 Å². The third-order valence-electron chi connectivity index (χ3n) is 2.51. The molecule has 0 radical (unpaired) electrons. The molecule has 2 rings (SSSR count). The monoisotopic (exact) mass is 249 g/mol. The molecule has 6 heteroatoms. The average molecular weight is 249 g/mol. The molecule has 0 aliphatic carbocycles. The highest BCUT2D eigenvalue weighted by atomic mass is 19.1. The van der Waals surface area contributed by atoms with Crippen LogP contribution in [0.1, 0.15) is 0 Å². The predicted octanol–water partition coefficient (Wildman–Crippen LogP) is -0.0724.